The molecular formula is C14H19NO2. The van der Waals surface area contributed by atoms with E-state index in [9.17, 15) is 4.79 Å². The lowest BCUT2D eigenvalue weighted by Gasteiger charge is -2.11. The minimum atomic E-state index is -0.339. The fraction of sp³-hybridized carbons (Fsp3) is 0.357. The first-order chi connectivity index (χ1) is 8.24. The van der Waals surface area contributed by atoms with Crippen LogP contribution in [-0.2, 0) is 9.53 Å². The summed E-state index contributed by atoms with van der Waals surface area (Å²) >= 11 is 0. The van der Waals surface area contributed by atoms with Gasteiger partial charge in [-0.15, -0.1) is 0 Å². The largest absolute Gasteiger partial charge is 0.466 e. The number of esters is 1. The maximum atomic E-state index is 10.8. The highest BCUT2D eigenvalue weighted by molar-refractivity contribution is 5.81. The summed E-state index contributed by atoms with van der Waals surface area (Å²) in [4.78, 5) is 10.8. The first-order valence-electron chi connectivity index (χ1n) is 5.77. The molecule has 1 unspecified atom stereocenters. The third-order valence-corrected chi connectivity index (χ3v) is 2.63. The maximum Gasteiger partial charge on any atom is 0.331 e. The van der Waals surface area contributed by atoms with Crippen LogP contribution in [0.5, 0.6) is 0 Å². The number of ether oxygens (including phenoxy) is 1. The average molecular weight is 233 g/mol. The summed E-state index contributed by atoms with van der Waals surface area (Å²) < 4.78 is 4.48. The van der Waals surface area contributed by atoms with Crippen molar-refractivity contribution in [3.63, 3.8) is 0 Å². The Hall–Kier alpha value is -1.77. The zero-order chi connectivity index (χ0) is 12.5. The van der Waals surface area contributed by atoms with Crippen molar-refractivity contribution in [3.8, 4) is 0 Å². The lowest BCUT2D eigenvalue weighted by atomic mass is 9.98. The van der Waals surface area contributed by atoms with E-state index in [0.29, 0.717) is 5.92 Å². The van der Waals surface area contributed by atoms with Crippen LogP contribution in [0.3, 0.4) is 0 Å². The molecule has 0 heterocycles. The van der Waals surface area contributed by atoms with Gasteiger partial charge < -0.3 is 10.1 Å². The molecule has 1 N–H and O–H groups in total. The number of nitrogens with one attached hydrogen (secondary N) is 1. The highest BCUT2D eigenvalue weighted by Crippen LogP contribution is 2.17. The molecule has 3 heteroatoms. The zero-order valence-electron chi connectivity index (χ0n) is 10.3. The van der Waals surface area contributed by atoms with Crippen LogP contribution in [0.15, 0.2) is 42.6 Å². The van der Waals surface area contributed by atoms with E-state index in [0.717, 1.165) is 13.0 Å². The van der Waals surface area contributed by atoms with E-state index in [1.54, 1.807) is 6.20 Å². The van der Waals surface area contributed by atoms with Gasteiger partial charge in [0.05, 0.1) is 7.11 Å². The van der Waals surface area contributed by atoms with E-state index in [1.807, 2.05) is 6.07 Å². The van der Waals surface area contributed by atoms with Crippen LogP contribution in [0.4, 0.5) is 0 Å². The van der Waals surface area contributed by atoms with Gasteiger partial charge in [0.15, 0.2) is 0 Å². The Morgan fingerprint density at radius 1 is 1.41 bits per heavy atom. The quantitative estimate of drug-likeness (QED) is 0.466. The predicted molar refractivity (Wildman–Crippen MR) is 68.6 cm³/mol. The van der Waals surface area contributed by atoms with Gasteiger partial charge in [-0.3, -0.25) is 0 Å². The van der Waals surface area contributed by atoms with Crippen LogP contribution in [0.25, 0.3) is 0 Å². The van der Waals surface area contributed by atoms with Gasteiger partial charge in [0.25, 0.3) is 0 Å². The molecule has 0 fully saturated rings. The second-order valence-electron chi connectivity index (χ2n) is 3.91. The fourth-order valence-corrected chi connectivity index (χ4v) is 1.53. The smallest absolute Gasteiger partial charge is 0.331 e. The Morgan fingerprint density at radius 2 is 2.12 bits per heavy atom. The molecule has 0 bridgehead atoms. The SMILES string of the molecule is COC(=O)/C=C/NCCC(C)c1ccccc1. The van der Waals surface area contributed by atoms with E-state index in [-0.39, 0.29) is 5.97 Å². The van der Waals surface area contributed by atoms with E-state index in [4.69, 9.17) is 0 Å². The van der Waals surface area contributed by atoms with Gasteiger partial charge in [-0.1, -0.05) is 37.3 Å². The summed E-state index contributed by atoms with van der Waals surface area (Å²) in [5.41, 5.74) is 1.34. The Balaban J connectivity index is 2.23. The third-order valence-electron chi connectivity index (χ3n) is 2.63. The standard InChI is InChI=1S/C14H19NO2/c1-12(13-6-4-3-5-7-13)8-10-15-11-9-14(16)17-2/h3-7,9,11-12,15H,8,10H2,1-2H3/b11-9+. The molecule has 1 rings (SSSR count). The van der Waals surface area contributed by atoms with Crippen LogP contribution in [-0.4, -0.2) is 19.6 Å². The summed E-state index contributed by atoms with van der Waals surface area (Å²) in [5.74, 6) is 0.170. The van der Waals surface area contributed by atoms with Crippen molar-refractivity contribution in [1.29, 1.82) is 0 Å². The third kappa shape index (κ3) is 5.20. The maximum absolute atomic E-state index is 10.8. The molecule has 0 aliphatic carbocycles. The lowest BCUT2D eigenvalue weighted by molar-refractivity contribution is -0.134. The van der Waals surface area contributed by atoms with Gasteiger partial charge in [-0.25, -0.2) is 4.79 Å². The topological polar surface area (TPSA) is 38.3 Å². The highest BCUT2D eigenvalue weighted by atomic mass is 16.5. The Kier molecular flexibility index (Phi) is 5.86. The first-order valence-corrected chi connectivity index (χ1v) is 5.77. The van der Waals surface area contributed by atoms with Gasteiger partial charge in [-0.05, 0) is 17.9 Å². The lowest BCUT2D eigenvalue weighted by Crippen LogP contribution is -2.11. The molecule has 1 aromatic rings. The van der Waals surface area contributed by atoms with Crippen LogP contribution in [0.1, 0.15) is 24.8 Å². The molecule has 1 aromatic carbocycles. The van der Waals surface area contributed by atoms with E-state index in [1.165, 1.54) is 18.7 Å². The number of benzene rings is 1. The molecule has 1 atom stereocenters. The first kappa shape index (κ1) is 13.3. The number of carbonyl (C=O) groups is 1. The Bertz CT molecular complexity index is 360. The molecule has 0 aliphatic heterocycles. The van der Waals surface area contributed by atoms with Crippen molar-refractivity contribution in [2.45, 2.75) is 19.3 Å². The molecule has 0 radical (unpaired) electrons. The normalized spacial score (nSPS) is 12.4. The fourth-order valence-electron chi connectivity index (χ4n) is 1.53. The van der Waals surface area contributed by atoms with Crippen LogP contribution >= 0.6 is 0 Å². The number of methoxy groups -OCH3 is 1. The number of hydrogen-bond acceptors (Lipinski definition) is 3. The molecular weight excluding hydrogens is 214 g/mol. The summed E-state index contributed by atoms with van der Waals surface area (Å²) in [6, 6.07) is 10.4. The molecule has 3 nitrogen and oxygen atoms in total. The molecule has 0 saturated heterocycles. The van der Waals surface area contributed by atoms with Gasteiger partial charge in [0.1, 0.15) is 0 Å². The van der Waals surface area contributed by atoms with Crippen molar-refractivity contribution in [2.24, 2.45) is 0 Å². The van der Waals surface area contributed by atoms with Crippen molar-refractivity contribution in [2.75, 3.05) is 13.7 Å². The van der Waals surface area contributed by atoms with Crippen molar-refractivity contribution < 1.29 is 9.53 Å². The summed E-state index contributed by atoms with van der Waals surface area (Å²) in [7, 11) is 1.37. The molecule has 0 amide bonds. The monoisotopic (exact) mass is 233 g/mol. The van der Waals surface area contributed by atoms with Crippen molar-refractivity contribution >= 4 is 5.97 Å². The second-order valence-corrected chi connectivity index (χ2v) is 3.91. The van der Waals surface area contributed by atoms with Gasteiger partial charge in [-0.2, -0.15) is 0 Å². The molecule has 0 saturated carbocycles. The molecule has 0 spiro atoms. The summed E-state index contributed by atoms with van der Waals surface area (Å²) in [5, 5.41) is 3.07. The zero-order valence-corrected chi connectivity index (χ0v) is 10.3. The molecule has 0 aromatic heterocycles. The van der Waals surface area contributed by atoms with E-state index >= 15 is 0 Å². The van der Waals surface area contributed by atoms with Crippen molar-refractivity contribution in [1.82, 2.24) is 5.32 Å². The number of hydrogen-bond donors (Lipinski definition) is 1. The Morgan fingerprint density at radius 3 is 2.76 bits per heavy atom. The minimum absolute atomic E-state index is 0.339. The van der Waals surface area contributed by atoms with Gasteiger partial charge in [0.2, 0.25) is 0 Å². The van der Waals surface area contributed by atoms with Gasteiger partial charge in [0, 0.05) is 18.8 Å². The number of rotatable bonds is 6. The van der Waals surface area contributed by atoms with Crippen LogP contribution in [0, 0.1) is 0 Å². The second kappa shape index (κ2) is 7.49. The average Bonchev–Trinajstić information content (AvgIpc) is 2.38. The van der Waals surface area contributed by atoms with Crippen LogP contribution in [0.2, 0.25) is 0 Å². The molecule has 92 valence electrons. The Labute approximate surface area is 102 Å². The molecule has 17 heavy (non-hydrogen) atoms. The predicted octanol–water partition coefficient (Wildman–Crippen LogP) is 2.46. The summed E-state index contributed by atoms with van der Waals surface area (Å²) in [6.07, 6.45) is 4.03. The van der Waals surface area contributed by atoms with E-state index < -0.39 is 0 Å². The minimum Gasteiger partial charge on any atom is -0.466 e. The highest BCUT2D eigenvalue weighted by Gasteiger charge is 2.03. The van der Waals surface area contributed by atoms with Crippen LogP contribution < -0.4 is 5.32 Å². The summed E-state index contributed by atoms with van der Waals surface area (Å²) in [6.45, 7) is 3.03. The number of carbonyl (C=O) groups excluding carboxylic acids is 1. The van der Waals surface area contributed by atoms with Gasteiger partial charge >= 0.3 is 5.97 Å². The van der Waals surface area contributed by atoms with Crippen molar-refractivity contribution in [3.05, 3.63) is 48.2 Å². The van der Waals surface area contributed by atoms with E-state index in [2.05, 4.69) is 41.2 Å². The molecule has 0 aliphatic rings.